The van der Waals surface area contributed by atoms with Crippen molar-refractivity contribution in [2.45, 2.75) is 38.1 Å². The number of amides is 1. The number of carbonyl (C=O) groups excluding carboxylic acids is 1. The lowest BCUT2D eigenvalue weighted by Gasteiger charge is -2.35. The van der Waals surface area contributed by atoms with Crippen molar-refractivity contribution < 1.29 is 19.4 Å². The molecule has 0 aliphatic heterocycles. The summed E-state index contributed by atoms with van der Waals surface area (Å²) < 4.78 is 5.14. The Kier molecular flexibility index (Phi) is 4.65. The van der Waals surface area contributed by atoms with Crippen molar-refractivity contribution in [2.24, 2.45) is 17.1 Å². The van der Waals surface area contributed by atoms with E-state index in [2.05, 4.69) is 17.5 Å². The predicted molar refractivity (Wildman–Crippen MR) is 73.1 cm³/mol. The minimum Gasteiger partial charge on any atom is -0.480 e. The fraction of sp³-hybridized carbons (Fsp3) is 0.714. The van der Waals surface area contributed by atoms with Crippen molar-refractivity contribution >= 4 is 12.1 Å². The molecule has 0 aromatic heterocycles. The number of ether oxygens (including phenoxy) is 1. The number of carboxylic acids is 1. The summed E-state index contributed by atoms with van der Waals surface area (Å²) in [6, 6.07) is -0.816. The van der Waals surface area contributed by atoms with E-state index in [1.807, 2.05) is 0 Å². The SMILES string of the molecule is N[C@@H](CCCCNC(=O)OCC1CC2(C=C2)C1)C(=O)O. The molecule has 2 aliphatic rings. The van der Waals surface area contributed by atoms with Crippen molar-refractivity contribution in [2.75, 3.05) is 13.2 Å². The molecular formula is C14H22N2O4. The number of nitrogens with two attached hydrogens (primary N) is 1. The van der Waals surface area contributed by atoms with Gasteiger partial charge in [-0.2, -0.15) is 0 Å². The van der Waals surface area contributed by atoms with Crippen LogP contribution in [0.1, 0.15) is 32.1 Å². The molecule has 1 fully saturated rings. The zero-order valence-electron chi connectivity index (χ0n) is 11.5. The van der Waals surface area contributed by atoms with Crippen molar-refractivity contribution in [1.82, 2.24) is 5.32 Å². The standard InChI is InChI=1S/C14H22N2O4/c15-11(12(17)18)3-1-2-6-16-13(19)20-9-10-7-14(8-10)4-5-14/h4-5,10-11H,1-3,6-9,15H2,(H,16,19)(H,17,18)/t11-/m0/s1. The van der Waals surface area contributed by atoms with Crippen LogP contribution in [0.4, 0.5) is 4.79 Å². The maximum atomic E-state index is 11.4. The van der Waals surface area contributed by atoms with Gasteiger partial charge in [-0.25, -0.2) is 4.79 Å². The molecule has 0 bridgehead atoms. The molecule has 2 aliphatic carbocycles. The van der Waals surface area contributed by atoms with Crippen molar-refractivity contribution in [3.05, 3.63) is 12.2 Å². The van der Waals surface area contributed by atoms with Crippen LogP contribution in [-0.4, -0.2) is 36.4 Å². The maximum absolute atomic E-state index is 11.4. The first-order chi connectivity index (χ1) is 9.51. The molecular weight excluding hydrogens is 260 g/mol. The Bertz CT molecular complexity index is 394. The van der Waals surface area contributed by atoms with Gasteiger partial charge in [0, 0.05) is 12.0 Å². The third kappa shape index (κ3) is 4.23. The van der Waals surface area contributed by atoms with E-state index in [-0.39, 0.29) is 0 Å². The smallest absolute Gasteiger partial charge is 0.407 e. The molecule has 112 valence electrons. The molecule has 4 N–H and O–H groups in total. The Hall–Kier alpha value is -1.56. The molecule has 20 heavy (non-hydrogen) atoms. The number of hydrogen-bond donors (Lipinski definition) is 3. The van der Waals surface area contributed by atoms with Crippen molar-refractivity contribution in [3.8, 4) is 0 Å². The average molecular weight is 282 g/mol. The van der Waals surface area contributed by atoms with Crippen LogP contribution in [0.3, 0.4) is 0 Å². The third-order valence-corrected chi connectivity index (χ3v) is 3.95. The molecule has 0 radical (unpaired) electrons. The highest BCUT2D eigenvalue weighted by molar-refractivity contribution is 5.72. The van der Waals surface area contributed by atoms with Crippen LogP contribution in [0.25, 0.3) is 0 Å². The number of carbonyl (C=O) groups is 2. The minimum atomic E-state index is -0.985. The molecule has 1 saturated carbocycles. The summed E-state index contributed by atoms with van der Waals surface area (Å²) in [5.74, 6) is -0.495. The number of carboxylic acid groups (broad SMARTS) is 1. The number of rotatable bonds is 8. The summed E-state index contributed by atoms with van der Waals surface area (Å²) >= 11 is 0. The summed E-state index contributed by atoms with van der Waals surface area (Å²) in [6.07, 6.45) is 8.04. The summed E-state index contributed by atoms with van der Waals surface area (Å²) in [6.45, 7) is 0.973. The average Bonchev–Trinajstić information content (AvgIpc) is 3.14. The molecule has 1 atom stereocenters. The third-order valence-electron chi connectivity index (χ3n) is 3.95. The van der Waals surface area contributed by atoms with Crippen LogP contribution in [0, 0.1) is 11.3 Å². The fourth-order valence-electron chi connectivity index (χ4n) is 2.57. The molecule has 1 amide bonds. The first-order valence-electron chi connectivity index (χ1n) is 7.10. The van der Waals surface area contributed by atoms with Crippen molar-refractivity contribution in [3.63, 3.8) is 0 Å². The van der Waals surface area contributed by atoms with Gasteiger partial charge in [0.1, 0.15) is 6.04 Å². The molecule has 0 saturated heterocycles. The normalized spacial score (nSPS) is 20.2. The van der Waals surface area contributed by atoms with E-state index in [0.29, 0.717) is 43.7 Å². The molecule has 2 rings (SSSR count). The first-order valence-corrected chi connectivity index (χ1v) is 7.10. The van der Waals surface area contributed by atoms with E-state index >= 15 is 0 Å². The monoisotopic (exact) mass is 282 g/mol. The van der Waals surface area contributed by atoms with Crippen molar-refractivity contribution in [1.29, 1.82) is 0 Å². The maximum Gasteiger partial charge on any atom is 0.407 e. The summed E-state index contributed by atoms with van der Waals surface area (Å²) in [7, 11) is 0. The lowest BCUT2D eigenvalue weighted by molar-refractivity contribution is -0.138. The molecule has 0 aromatic rings. The molecule has 6 nitrogen and oxygen atoms in total. The van der Waals surface area contributed by atoms with E-state index in [9.17, 15) is 9.59 Å². The van der Waals surface area contributed by atoms with Gasteiger partial charge in [-0.3, -0.25) is 4.79 Å². The van der Waals surface area contributed by atoms with Gasteiger partial charge in [-0.05, 0) is 38.0 Å². The van der Waals surface area contributed by atoms with E-state index in [1.54, 1.807) is 0 Å². The number of nitrogens with one attached hydrogen (secondary N) is 1. The Labute approximate surface area is 118 Å². The van der Waals surface area contributed by atoms with E-state index < -0.39 is 18.1 Å². The van der Waals surface area contributed by atoms with Gasteiger partial charge in [0.05, 0.1) is 6.61 Å². The zero-order chi connectivity index (χ0) is 14.6. The molecule has 0 heterocycles. The largest absolute Gasteiger partial charge is 0.480 e. The Morgan fingerprint density at radius 2 is 2.10 bits per heavy atom. The molecule has 6 heteroatoms. The Balaban J connectivity index is 1.41. The van der Waals surface area contributed by atoms with Crippen LogP contribution >= 0.6 is 0 Å². The van der Waals surface area contributed by atoms with E-state index in [0.717, 1.165) is 12.8 Å². The quantitative estimate of drug-likeness (QED) is 0.459. The Morgan fingerprint density at radius 1 is 1.40 bits per heavy atom. The predicted octanol–water partition coefficient (Wildman–Crippen LogP) is 1.26. The lowest BCUT2D eigenvalue weighted by Crippen LogP contribution is -2.33. The molecule has 0 unspecified atom stereocenters. The highest BCUT2D eigenvalue weighted by Crippen LogP contribution is 2.56. The molecule has 1 spiro atoms. The van der Waals surface area contributed by atoms with Gasteiger partial charge < -0.3 is 20.9 Å². The molecule has 0 aromatic carbocycles. The van der Waals surface area contributed by atoms with Crippen LogP contribution in [0.2, 0.25) is 0 Å². The topological polar surface area (TPSA) is 102 Å². The highest BCUT2D eigenvalue weighted by Gasteiger charge is 2.47. The van der Waals surface area contributed by atoms with Gasteiger partial charge in [0.2, 0.25) is 0 Å². The number of hydrogen-bond acceptors (Lipinski definition) is 4. The summed E-state index contributed by atoms with van der Waals surface area (Å²) in [4.78, 5) is 21.9. The van der Waals surface area contributed by atoms with Gasteiger partial charge in [-0.15, -0.1) is 0 Å². The van der Waals surface area contributed by atoms with E-state index in [4.69, 9.17) is 15.6 Å². The Morgan fingerprint density at radius 3 is 2.70 bits per heavy atom. The van der Waals surface area contributed by atoms with Crippen LogP contribution in [0.15, 0.2) is 12.2 Å². The van der Waals surface area contributed by atoms with Crippen LogP contribution in [0.5, 0.6) is 0 Å². The number of unbranched alkanes of at least 4 members (excludes halogenated alkanes) is 1. The summed E-state index contributed by atoms with van der Waals surface area (Å²) in [5.41, 5.74) is 5.77. The van der Waals surface area contributed by atoms with Gasteiger partial charge in [0.25, 0.3) is 0 Å². The van der Waals surface area contributed by atoms with Gasteiger partial charge in [0.15, 0.2) is 0 Å². The lowest BCUT2D eigenvalue weighted by atomic mass is 9.71. The summed E-state index contributed by atoms with van der Waals surface area (Å²) in [5, 5.41) is 11.3. The van der Waals surface area contributed by atoms with E-state index in [1.165, 1.54) is 0 Å². The second-order valence-corrected chi connectivity index (χ2v) is 5.81. The fourth-order valence-corrected chi connectivity index (χ4v) is 2.57. The van der Waals surface area contributed by atoms with Gasteiger partial charge >= 0.3 is 12.1 Å². The van der Waals surface area contributed by atoms with Gasteiger partial charge in [-0.1, -0.05) is 12.2 Å². The second kappa shape index (κ2) is 6.26. The highest BCUT2D eigenvalue weighted by atomic mass is 16.5. The van der Waals surface area contributed by atoms with Crippen LogP contribution in [-0.2, 0) is 9.53 Å². The number of aliphatic carboxylic acids is 1. The number of allylic oxidation sites excluding steroid dienone is 2. The number of alkyl carbamates (subject to hydrolysis) is 1. The van der Waals surface area contributed by atoms with Crippen LogP contribution < -0.4 is 11.1 Å². The zero-order valence-corrected chi connectivity index (χ0v) is 11.5. The second-order valence-electron chi connectivity index (χ2n) is 5.81. The minimum absolute atomic E-state index is 0.391. The first kappa shape index (κ1) is 14.8.